The highest BCUT2D eigenvalue weighted by Gasteiger charge is 2.64. The number of hydrogen-bond acceptors (Lipinski definition) is 3. The summed E-state index contributed by atoms with van der Waals surface area (Å²) in [6.45, 7) is 0. The van der Waals surface area contributed by atoms with Crippen LogP contribution in [0.3, 0.4) is 0 Å². The summed E-state index contributed by atoms with van der Waals surface area (Å²) >= 11 is 0. The van der Waals surface area contributed by atoms with Crippen molar-refractivity contribution in [3.63, 3.8) is 0 Å². The SMILES string of the molecule is O=C1C[C@H]2C[C@@H]1[C@@H]1N=NC(c3ccccc3)(c3ccccc3)[C@H]21. The van der Waals surface area contributed by atoms with Gasteiger partial charge in [0.15, 0.2) is 0 Å². The summed E-state index contributed by atoms with van der Waals surface area (Å²) in [5.41, 5.74) is 1.97. The quantitative estimate of drug-likeness (QED) is 0.827. The molecule has 114 valence electrons. The smallest absolute Gasteiger partial charge is 0.138 e. The van der Waals surface area contributed by atoms with Crippen LogP contribution in [0.25, 0.3) is 0 Å². The zero-order chi connectivity index (χ0) is 15.4. The summed E-state index contributed by atoms with van der Waals surface area (Å²) in [4.78, 5) is 12.2. The minimum atomic E-state index is -0.423. The van der Waals surface area contributed by atoms with E-state index in [0.717, 1.165) is 6.42 Å². The summed E-state index contributed by atoms with van der Waals surface area (Å²) in [5.74, 6) is 1.22. The van der Waals surface area contributed by atoms with Gasteiger partial charge in [0.05, 0.1) is 6.04 Å². The number of rotatable bonds is 2. The molecule has 1 aliphatic heterocycles. The molecule has 0 unspecified atom stereocenters. The van der Waals surface area contributed by atoms with Crippen LogP contribution >= 0.6 is 0 Å². The van der Waals surface area contributed by atoms with Gasteiger partial charge in [0.2, 0.25) is 0 Å². The Labute approximate surface area is 135 Å². The van der Waals surface area contributed by atoms with Gasteiger partial charge in [-0.2, -0.15) is 10.2 Å². The van der Waals surface area contributed by atoms with Gasteiger partial charge in [0, 0.05) is 18.3 Å². The van der Waals surface area contributed by atoms with Crippen LogP contribution < -0.4 is 0 Å². The number of Topliss-reactive ketones (excluding diaryl/α,β-unsaturated/α-hetero) is 1. The highest BCUT2D eigenvalue weighted by Crippen LogP contribution is 2.61. The van der Waals surface area contributed by atoms with Crippen molar-refractivity contribution >= 4 is 5.78 Å². The summed E-state index contributed by atoms with van der Waals surface area (Å²) in [5, 5.41) is 9.48. The van der Waals surface area contributed by atoms with Crippen molar-refractivity contribution < 1.29 is 4.79 Å². The topological polar surface area (TPSA) is 41.8 Å². The zero-order valence-electron chi connectivity index (χ0n) is 12.8. The van der Waals surface area contributed by atoms with Crippen LogP contribution in [0.15, 0.2) is 70.9 Å². The minimum absolute atomic E-state index is 0.0710. The van der Waals surface area contributed by atoms with Crippen LogP contribution in [-0.2, 0) is 10.3 Å². The molecule has 0 spiro atoms. The third-order valence-electron chi connectivity index (χ3n) is 5.98. The average Bonchev–Trinajstić information content (AvgIpc) is 3.27. The van der Waals surface area contributed by atoms with Gasteiger partial charge in [0.1, 0.15) is 11.3 Å². The first-order valence-corrected chi connectivity index (χ1v) is 8.36. The minimum Gasteiger partial charge on any atom is -0.299 e. The molecule has 23 heavy (non-hydrogen) atoms. The normalized spacial score (nSPS) is 33.1. The molecular weight excluding hydrogens is 284 g/mol. The Balaban J connectivity index is 1.72. The second-order valence-corrected chi connectivity index (χ2v) is 7.00. The zero-order valence-corrected chi connectivity index (χ0v) is 12.8. The van der Waals surface area contributed by atoms with Crippen LogP contribution in [-0.4, -0.2) is 11.8 Å². The lowest BCUT2D eigenvalue weighted by Crippen LogP contribution is -2.41. The number of ketones is 1. The van der Waals surface area contributed by atoms with Gasteiger partial charge >= 0.3 is 0 Å². The number of carbonyl (C=O) groups is 1. The van der Waals surface area contributed by atoms with Crippen molar-refractivity contribution in [2.24, 2.45) is 28.0 Å². The van der Waals surface area contributed by atoms with Crippen molar-refractivity contribution in [2.75, 3.05) is 0 Å². The van der Waals surface area contributed by atoms with Gasteiger partial charge in [0.25, 0.3) is 0 Å². The Morgan fingerprint density at radius 3 is 2.13 bits per heavy atom. The third-order valence-corrected chi connectivity index (χ3v) is 5.98. The number of hydrogen-bond donors (Lipinski definition) is 0. The maximum absolute atomic E-state index is 12.2. The Morgan fingerprint density at radius 1 is 0.913 bits per heavy atom. The molecule has 3 aliphatic rings. The largest absolute Gasteiger partial charge is 0.299 e. The molecule has 2 aliphatic carbocycles. The number of fused-ring (bicyclic) bond motifs is 5. The molecule has 0 N–H and O–H groups in total. The van der Waals surface area contributed by atoms with Crippen LogP contribution in [0.1, 0.15) is 24.0 Å². The van der Waals surface area contributed by atoms with Crippen molar-refractivity contribution in [1.29, 1.82) is 0 Å². The van der Waals surface area contributed by atoms with E-state index in [0.29, 0.717) is 24.0 Å². The Hall–Kier alpha value is -2.29. The second-order valence-electron chi connectivity index (χ2n) is 7.00. The van der Waals surface area contributed by atoms with Crippen molar-refractivity contribution in [3.05, 3.63) is 71.8 Å². The Bertz CT molecular complexity index is 744. The lowest BCUT2D eigenvalue weighted by atomic mass is 9.66. The molecule has 3 nitrogen and oxygen atoms in total. The predicted octanol–water partition coefficient (Wildman–Crippen LogP) is 3.99. The summed E-state index contributed by atoms with van der Waals surface area (Å²) in [7, 11) is 0. The number of benzene rings is 2. The van der Waals surface area contributed by atoms with E-state index in [2.05, 4.69) is 53.6 Å². The van der Waals surface area contributed by atoms with Crippen LogP contribution in [0, 0.1) is 17.8 Å². The van der Waals surface area contributed by atoms with E-state index in [1.165, 1.54) is 11.1 Å². The van der Waals surface area contributed by atoms with Crippen molar-refractivity contribution in [3.8, 4) is 0 Å². The van der Waals surface area contributed by atoms with Gasteiger partial charge < -0.3 is 0 Å². The molecule has 0 aromatic heterocycles. The number of carbonyl (C=O) groups excluding carboxylic acids is 1. The van der Waals surface area contributed by atoms with Crippen LogP contribution in [0.2, 0.25) is 0 Å². The lowest BCUT2D eigenvalue weighted by Gasteiger charge is -2.37. The second kappa shape index (κ2) is 4.60. The first kappa shape index (κ1) is 13.2. The van der Waals surface area contributed by atoms with Crippen molar-refractivity contribution in [2.45, 2.75) is 24.4 Å². The highest BCUT2D eigenvalue weighted by molar-refractivity contribution is 5.86. The number of azo groups is 1. The predicted molar refractivity (Wildman–Crippen MR) is 87.0 cm³/mol. The summed E-state index contributed by atoms with van der Waals surface area (Å²) in [6, 6.07) is 21.0. The van der Waals surface area contributed by atoms with Gasteiger partial charge in [-0.1, -0.05) is 60.7 Å². The molecule has 2 aromatic carbocycles. The van der Waals surface area contributed by atoms with E-state index in [9.17, 15) is 4.79 Å². The molecular formula is C20H18N2O. The van der Waals surface area contributed by atoms with E-state index in [4.69, 9.17) is 5.11 Å². The Morgan fingerprint density at radius 2 is 1.52 bits per heavy atom. The molecule has 2 fully saturated rings. The molecule has 2 aromatic rings. The summed E-state index contributed by atoms with van der Waals surface area (Å²) < 4.78 is 0. The standard InChI is InChI=1S/C20H18N2O/c23-17-12-13-11-16(17)19-18(13)20(22-21-19,14-7-3-1-4-8-14)15-9-5-2-6-10-15/h1-10,13,16,18-19H,11-12H2/t13-,16+,18-,19+/m1/s1. The van der Waals surface area contributed by atoms with E-state index < -0.39 is 5.54 Å². The molecule has 2 bridgehead atoms. The van der Waals surface area contributed by atoms with Crippen molar-refractivity contribution in [1.82, 2.24) is 0 Å². The first-order valence-electron chi connectivity index (χ1n) is 8.36. The molecule has 1 heterocycles. The number of nitrogens with zero attached hydrogens (tertiary/aromatic N) is 2. The average molecular weight is 302 g/mol. The van der Waals surface area contributed by atoms with Gasteiger partial charge in [-0.3, -0.25) is 4.79 Å². The highest BCUT2D eigenvalue weighted by atomic mass is 16.1. The van der Waals surface area contributed by atoms with Crippen LogP contribution in [0.5, 0.6) is 0 Å². The van der Waals surface area contributed by atoms with Gasteiger partial charge in [-0.05, 0) is 23.5 Å². The maximum atomic E-state index is 12.2. The maximum Gasteiger partial charge on any atom is 0.138 e. The molecule has 2 saturated carbocycles. The molecule has 0 saturated heterocycles. The van der Waals surface area contributed by atoms with Gasteiger partial charge in [-0.15, -0.1) is 0 Å². The molecule has 0 amide bonds. The first-order chi connectivity index (χ1) is 11.3. The van der Waals surface area contributed by atoms with E-state index in [1.54, 1.807) is 0 Å². The fraction of sp³-hybridized carbons (Fsp3) is 0.350. The van der Waals surface area contributed by atoms with E-state index in [-0.39, 0.29) is 12.0 Å². The monoisotopic (exact) mass is 302 g/mol. The van der Waals surface area contributed by atoms with E-state index >= 15 is 0 Å². The fourth-order valence-electron chi connectivity index (χ4n) is 5.10. The van der Waals surface area contributed by atoms with E-state index in [1.807, 2.05) is 12.1 Å². The lowest BCUT2D eigenvalue weighted by molar-refractivity contribution is -0.122. The summed E-state index contributed by atoms with van der Waals surface area (Å²) in [6.07, 6.45) is 1.70. The molecule has 4 atom stereocenters. The Kier molecular flexibility index (Phi) is 2.64. The van der Waals surface area contributed by atoms with Crippen LogP contribution in [0.4, 0.5) is 0 Å². The molecule has 5 rings (SSSR count). The van der Waals surface area contributed by atoms with Gasteiger partial charge in [-0.25, -0.2) is 0 Å². The molecule has 0 radical (unpaired) electrons. The molecule has 3 heteroatoms. The fourth-order valence-corrected chi connectivity index (χ4v) is 5.10. The third kappa shape index (κ3) is 1.62.